The summed E-state index contributed by atoms with van der Waals surface area (Å²) in [5.74, 6) is 1.65. The summed E-state index contributed by atoms with van der Waals surface area (Å²) in [6, 6.07) is 0.429. The molecular formula is C15H30N2O. The standard InChI is InChI=1S/C15H30N2O/c1-11(2)9-14(15(18)17(4)5)16-12(3)10-13-7-6-8-13/h11-14,16H,6-10H2,1-5H3. The Morgan fingerprint density at radius 3 is 2.28 bits per heavy atom. The molecule has 0 aliphatic heterocycles. The van der Waals surface area contributed by atoms with Gasteiger partial charge in [0.25, 0.3) is 0 Å². The topological polar surface area (TPSA) is 32.3 Å². The molecule has 1 aliphatic rings. The minimum atomic E-state index is -0.0184. The molecule has 106 valence electrons. The molecule has 0 aromatic carbocycles. The summed E-state index contributed by atoms with van der Waals surface area (Å²) >= 11 is 0. The second kappa shape index (κ2) is 7.13. The lowest BCUT2D eigenvalue weighted by Gasteiger charge is -2.31. The van der Waals surface area contributed by atoms with Crippen LogP contribution in [0.5, 0.6) is 0 Å². The van der Waals surface area contributed by atoms with Crippen LogP contribution in [0, 0.1) is 11.8 Å². The summed E-state index contributed by atoms with van der Waals surface area (Å²) in [5, 5.41) is 3.54. The van der Waals surface area contributed by atoms with E-state index in [1.807, 2.05) is 14.1 Å². The van der Waals surface area contributed by atoms with E-state index in [4.69, 9.17) is 0 Å². The van der Waals surface area contributed by atoms with Gasteiger partial charge in [-0.05, 0) is 31.6 Å². The van der Waals surface area contributed by atoms with Crippen LogP contribution < -0.4 is 5.32 Å². The second-order valence-corrected chi connectivity index (χ2v) is 6.52. The predicted octanol–water partition coefficient (Wildman–Crippen LogP) is 2.66. The summed E-state index contributed by atoms with van der Waals surface area (Å²) < 4.78 is 0. The molecule has 1 fully saturated rings. The molecule has 0 bridgehead atoms. The fourth-order valence-electron chi connectivity index (χ4n) is 2.66. The van der Waals surface area contributed by atoms with Crippen molar-refractivity contribution in [3.63, 3.8) is 0 Å². The Hall–Kier alpha value is -0.570. The van der Waals surface area contributed by atoms with Crippen LogP contribution in [0.3, 0.4) is 0 Å². The van der Waals surface area contributed by atoms with Gasteiger partial charge in [-0.3, -0.25) is 4.79 Å². The van der Waals surface area contributed by atoms with Gasteiger partial charge in [-0.1, -0.05) is 33.1 Å². The van der Waals surface area contributed by atoms with Crippen LogP contribution in [0.1, 0.15) is 52.9 Å². The van der Waals surface area contributed by atoms with Crippen LogP contribution in [0.4, 0.5) is 0 Å². The zero-order chi connectivity index (χ0) is 13.7. The van der Waals surface area contributed by atoms with Crippen molar-refractivity contribution in [3.05, 3.63) is 0 Å². The summed E-state index contributed by atoms with van der Waals surface area (Å²) in [5.41, 5.74) is 0. The Morgan fingerprint density at radius 1 is 1.28 bits per heavy atom. The fraction of sp³-hybridized carbons (Fsp3) is 0.933. The SMILES string of the molecule is CC(C)CC(NC(C)CC1CCC1)C(=O)N(C)C. The summed E-state index contributed by atoms with van der Waals surface area (Å²) in [7, 11) is 3.68. The average Bonchev–Trinajstić information content (AvgIpc) is 2.20. The molecule has 0 spiro atoms. The highest BCUT2D eigenvalue weighted by atomic mass is 16.2. The molecule has 0 aromatic rings. The van der Waals surface area contributed by atoms with E-state index in [1.54, 1.807) is 4.90 Å². The molecule has 0 saturated heterocycles. The van der Waals surface area contributed by atoms with E-state index in [9.17, 15) is 4.79 Å². The Balaban J connectivity index is 2.45. The van der Waals surface area contributed by atoms with Crippen LogP contribution in [0.15, 0.2) is 0 Å². The van der Waals surface area contributed by atoms with Crippen LogP contribution in [0.25, 0.3) is 0 Å². The Labute approximate surface area is 112 Å². The van der Waals surface area contributed by atoms with E-state index in [-0.39, 0.29) is 11.9 Å². The maximum atomic E-state index is 12.1. The third kappa shape index (κ3) is 4.97. The lowest BCUT2D eigenvalue weighted by molar-refractivity contribution is -0.131. The number of nitrogens with one attached hydrogen (secondary N) is 1. The van der Waals surface area contributed by atoms with Crippen molar-refractivity contribution in [2.45, 2.75) is 65.0 Å². The third-order valence-corrected chi connectivity index (χ3v) is 3.84. The maximum Gasteiger partial charge on any atom is 0.239 e. The van der Waals surface area contributed by atoms with Gasteiger partial charge in [0.1, 0.15) is 0 Å². The third-order valence-electron chi connectivity index (χ3n) is 3.84. The van der Waals surface area contributed by atoms with E-state index in [0.717, 1.165) is 12.3 Å². The summed E-state index contributed by atoms with van der Waals surface area (Å²) in [6.07, 6.45) is 6.29. The van der Waals surface area contributed by atoms with Crippen LogP contribution in [0.2, 0.25) is 0 Å². The fourth-order valence-corrected chi connectivity index (χ4v) is 2.66. The first kappa shape index (κ1) is 15.5. The molecule has 0 heterocycles. The molecule has 0 radical (unpaired) electrons. The molecule has 1 amide bonds. The molecule has 1 aliphatic carbocycles. The smallest absolute Gasteiger partial charge is 0.239 e. The second-order valence-electron chi connectivity index (χ2n) is 6.52. The quantitative estimate of drug-likeness (QED) is 0.757. The largest absolute Gasteiger partial charge is 0.347 e. The number of carbonyl (C=O) groups excluding carboxylic acids is 1. The first-order valence-electron chi connectivity index (χ1n) is 7.37. The number of likely N-dealkylation sites (N-methyl/N-ethyl adjacent to an activating group) is 1. The molecule has 1 N–H and O–H groups in total. The summed E-state index contributed by atoms with van der Waals surface area (Å²) in [4.78, 5) is 13.9. The van der Waals surface area contributed by atoms with E-state index in [0.29, 0.717) is 12.0 Å². The number of carbonyl (C=O) groups is 1. The zero-order valence-electron chi connectivity index (χ0n) is 12.7. The van der Waals surface area contributed by atoms with Crippen molar-refractivity contribution in [1.29, 1.82) is 0 Å². The van der Waals surface area contributed by atoms with Crippen LogP contribution in [-0.4, -0.2) is 37.0 Å². The summed E-state index contributed by atoms with van der Waals surface area (Å²) in [6.45, 7) is 6.57. The highest BCUT2D eigenvalue weighted by Gasteiger charge is 2.25. The van der Waals surface area contributed by atoms with Crippen molar-refractivity contribution in [1.82, 2.24) is 10.2 Å². The lowest BCUT2D eigenvalue weighted by atomic mass is 9.81. The number of amides is 1. The Bertz CT molecular complexity index is 259. The molecule has 2 atom stereocenters. The normalized spacial score (nSPS) is 19.4. The molecule has 0 aromatic heterocycles. The monoisotopic (exact) mass is 254 g/mol. The minimum Gasteiger partial charge on any atom is -0.347 e. The lowest BCUT2D eigenvalue weighted by Crippen LogP contribution is -2.48. The van der Waals surface area contributed by atoms with Gasteiger partial charge in [-0.2, -0.15) is 0 Å². The Kier molecular flexibility index (Phi) is 6.13. The molecular weight excluding hydrogens is 224 g/mol. The minimum absolute atomic E-state index is 0.0184. The van der Waals surface area contributed by atoms with Crippen molar-refractivity contribution in [2.75, 3.05) is 14.1 Å². The van der Waals surface area contributed by atoms with Gasteiger partial charge in [-0.15, -0.1) is 0 Å². The van der Waals surface area contributed by atoms with Gasteiger partial charge in [0.2, 0.25) is 5.91 Å². The van der Waals surface area contributed by atoms with E-state index < -0.39 is 0 Å². The first-order chi connectivity index (χ1) is 8.40. The highest BCUT2D eigenvalue weighted by molar-refractivity contribution is 5.81. The van der Waals surface area contributed by atoms with E-state index in [1.165, 1.54) is 25.7 Å². The van der Waals surface area contributed by atoms with Crippen molar-refractivity contribution in [2.24, 2.45) is 11.8 Å². The number of nitrogens with zero attached hydrogens (tertiary/aromatic N) is 1. The molecule has 1 rings (SSSR count). The van der Waals surface area contributed by atoms with Gasteiger partial charge in [0, 0.05) is 20.1 Å². The Morgan fingerprint density at radius 2 is 1.89 bits per heavy atom. The predicted molar refractivity (Wildman–Crippen MR) is 76.5 cm³/mol. The van der Waals surface area contributed by atoms with Crippen molar-refractivity contribution in [3.8, 4) is 0 Å². The van der Waals surface area contributed by atoms with E-state index >= 15 is 0 Å². The van der Waals surface area contributed by atoms with E-state index in [2.05, 4.69) is 26.1 Å². The zero-order valence-corrected chi connectivity index (χ0v) is 12.7. The molecule has 3 heteroatoms. The molecule has 3 nitrogen and oxygen atoms in total. The van der Waals surface area contributed by atoms with Gasteiger partial charge in [-0.25, -0.2) is 0 Å². The van der Waals surface area contributed by atoms with Crippen LogP contribution in [-0.2, 0) is 4.79 Å². The van der Waals surface area contributed by atoms with Crippen molar-refractivity contribution >= 4 is 5.91 Å². The van der Waals surface area contributed by atoms with Crippen LogP contribution >= 0.6 is 0 Å². The number of hydrogen-bond donors (Lipinski definition) is 1. The van der Waals surface area contributed by atoms with Crippen molar-refractivity contribution < 1.29 is 4.79 Å². The highest BCUT2D eigenvalue weighted by Crippen LogP contribution is 2.30. The molecule has 18 heavy (non-hydrogen) atoms. The van der Waals surface area contributed by atoms with Gasteiger partial charge in [0.05, 0.1) is 6.04 Å². The van der Waals surface area contributed by atoms with Gasteiger partial charge >= 0.3 is 0 Å². The average molecular weight is 254 g/mol. The van der Waals surface area contributed by atoms with Gasteiger partial charge < -0.3 is 10.2 Å². The molecule has 2 unspecified atom stereocenters. The maximum absolute atomic E-state index is 12.1. The number of hydrogen-bond acceptors (Lipinski definition) is 2. The van der Waals surface area contributed by atoms with Gasteiger partial charge in [0.15, 0.2) is 0 Å². The first-order valence-corrected chi connectivity index (χ1v) is 7.37. The number of rotatable bonds is 7. The molecule has 1 saturated carbocycles.